The van der Waals surface area contributed by atoms with Crippen molar-refractivity contribution in [2.24, 2.45) is 0 Å². The van der Waals surface area contributed by atoms with Crippen molar-refractivity contribution in [3.8, 4) is 11.5 Å². The molecule has 0 radical (unpaired) electrons. The molecule has 4 nitrogen and oxygen atoms in total. The van der Waals surface area contributed by atoms with E-state index < -0.39 is 5.97 Å². The van der Waals surface area contributed by atoms with Crippen molar-refractivity contribution in [2.75, 3.05) is 7.11 Å². The van der Waals surface area contributed by atoms with Crippen LogP contribution in [-0.2, 0) is 4.74 Å². The van der Waals surface area contributed by atoms with E-state index in [0.717, 1.165) is 6.07 Å². The molecular formula is C10H14O4. The van der Waals surface area contributed by atoms with E-state index >= 15 is 0 Å². The van der Waals surface area contributed by atoms with Crippen LogP contribution in [0, 0.1) is 0 Å². The summed E-state index contributed by atoms with van der Waals surface area (Å²) < 4.78 is 4.39. The van der Waals surface area contributed by atoms with Crippen molar-refractivity contribution in [1.29, 1.82) is 0 Å². The standard InChI is InChI=1S/C8H8O4.C2H6/c1-12-8(11)5-2-6(9)4-7(10)3-5;1-2/h2-4,9-10H,1H3;1-2H3. The Bertz CT molecular complexity index is 287. The number of benzene rings is 1. The Morgan fingerprint density at radius 1 is 1.14 bits per heavy atom. The maximum atomic E-state index is 10.9. The zero-order chi connectivity index (χ0) is 11.1. The van der Waals surface area contributed by atoms with Crippen LogP contribution in [0.1, 0.15) is 24.2 Å². The fraction of sp³-hybridized carbons (Fsp3) is 0.300. The van der Waals surface area contributed by atoms with E-state index in [4.69, 9.17) is 10.2 Å². The zero-order valence-electron chi connectivity index (χ0n) is 8.44. The predicted molar refractivity (Wildman–Crippen MR) is 52.5 cm³/mol. The molecule has 1 aromatic carbocycles. The molecule has 0 aliphatic rings. The van der Waals surface area contributed by atoms with Crippen LogP contribution in [0.4, 0.5) is 0 Å². The van der Waals surface area contributed by atoms with Gasteiger partial charge in [-0.25, -0.2) is 4.79 Å². The number of rotatable bonds is 1. The number of carbonyl (C=O) groups excluding carboxylic acids is 1. The second-order valence-electron chi connectivity index (χ2n) is 2.23. The Kier molecular flexibility index (Phi) is 5.14. The molecule has 0 spiro atoms. The summed E-state index contributed by atoms with van der Waals surface area (Å²) in [4.78, 5) is 10.9. The van der Waals surface area contributed by atoms with Gasteiger partial charge in [-0.3, -0.25) is 0 Å². The average Bonchev–Trinajstić information content (AvgIpc) is 2.18. The number of methoxy groups -OCH3 is 1. The summed E-state index contributed by atoms with van der Waals surface area (Å²) in [5.74, 6) is -0.938. The van der Waals surface area contributed by atoms with Gasteiger partial charge in [-0.1, -0.05) is 13.8 Å². The molecule has 1 aromatic rings. The van der Waals surface area contributed by atoms with Crippen LogP contribution in [-0.4, -0.2) is 23.3 Å². The summed E-state index contributed by atoms with van der Waals surface area (Å²) in [6.45, 7) is 4.00. The van der Waals surface area contributed by atoms with Crippen LogP contribution in [0.25, 0.3) is 0 Å². The minimum Gasteiger partial charge on any atom is -0.508 e. The lowest BCUT2D eigenvalue weighted by atomic mass is 10.2. The summed E-state index contributed by atoms with van der Waals surface area (Å²) in [5, 5.41) is 17.9. The molecule has 0 aliphatic carbocycles. The second kappa shape index (κ2) is 5.85. The Balaban J connectivity index is 0.000000791. The molecule has 0 saturated carbocycles. The van der Waals surface area contributed by atoms with Crippen molar-refractivity contribution in [3.63, 3.8) is 0 Å². The van der Waals surface area contributed by atoms with Crippen molar-refractivity contribution in [2.45, 2.75) is 13.8 Å². The molecule has 78 valence electrons. The van der Waals surface area contributed by atoms with Gasteiger partial charge in [-0.2, -0.15) is 0 Å². The molecule has 4 heteroatoms. The van der Waals surface area contributed by atoms with Crippen molar-refractivity contribution >= 4 is 5.97 Å². The summed E-state index contributed by atoms with van der Waals surface area (Å²) in [7, 11) is 1.23. The molecule has 2 N–H and O–H groups in total. The highest BCUT2D eigenvalue weighted by Gasteiger charge is 2.07. The van der Waals surface area contributed by atoms with Crippen LogP contribution < -0.4 is 0 Å². The molecule has 0 heterocycles. The Morgan fingerprint density at radius 2 is 1.57 bits per heavy atom. The summed E-state index contributed by atoms with van der Waals surface area (Å²) >= 11 is 0. The number of esters is 1. The third-order valence-corrected chi connectivity index (χ3v) is 1.32. The zero-order valence-corrected chi connectivity index (χ0v) is 8.44. The molecule has 0 unspecified atom stereocenters. The molecule has 1 rings (SSSR count). The van der Waals surface area contributed by atoms with Gasteiger partial charge >= 0.3 is 5.97 Å². The number of hydrogen-bond acceptors (Lipinski definition) is 4. The topological polar surface area (TPSA) is 66.8 Å². The molecule has 0 fully saturated rings. The SMILES string of the molecule is CC.COC(=O)c1cc(O)cc(O)c1. The largest absolute Gasteiger partial charge is 0.508 e. The number of phenolic OH excluding ortho intramolecular Hbond substituents is 2. The highest BCUT2D eigenvalue weighted by Crippen LogP contribution is 2.20. The third-order valence-electron chi connectivity index (χ3n) is 1.32. The number of hydrogen-bond donors (Lipinski definition) is 2. The van der Waals surface area contributed by atoms with Gasteiger partial charge < -0.3 is 14.9 Å². The summed E-state index contributed by atoms with van der Waals surface area (Å²) in [6.07, 6.45) is 0. The molecule has 0 saturated heterocycles. The van der Waals surface area contributed by atoms with Gasteiger partial charge in [-0.15, -0.1) is 0 Å². The number of ether oxygens (including phenoxy) is 1. The normalized spacial score (nSPS) is 8.50. The molecule has 0 aliphatic heterocycles. The van der Waals surface area contributed by atoms with E-state index in [1.165, 1.54) is 19.2 Å². The molecular weight excluding hydrogens is 184 g/mol. The van der Waals surface area contributed by atoms with Crippen molar-refractivity contribution in [3.05, 3.63) is 23.8 Å². The van der Waals surface area contributed by atoms with Crippen LogP contribution in [0.3, 0.4) is 0 Å². The second-order valence-corrected chi connectivity index (χ2v) is 2.23. The van der Waals surface area contributed by atoms with Gasteiger partial charge in [0.25, 0.3) is 0 Å². The van der Waals surface area contributed by atoms with Crippen molar-refractivity contribution in [1.82, 2.24) is 0 Å². The van der Waals surface area contributed by atoms with Crippen LogP contribution in [0.5, 0.6) is 11.5 Å². The molecule has 0 atom stereocenters. The average molecular weight is 198 g/mol. The lowest BCUT2D eigenvalue weighted by Gasteiger charge is -2.00. The highest BCUT2D eigenvalue weighted by atomic mass is 16.5. The van der Waals surface area contributed by atoms with E-state index in [1.807, 2.05) is 13.8 Å². The van der Waals surface area contributed by atoms with Gasteiger partial charge in [0.15, 0.2) is 0 Å². The quantitative estimate of drug-likeness (QED) is 0.676. The summed E-state index contributed by atoms with van der Waals surface area (Å²) in [6, 6.07) is 3.56. The Labute approximate surface area is 82.8 Å². The smallest absolute Gasteiger partial charge is 0.338 e. The van der Waals surface area contributed by atoms with Gasteiger partial charge in [0.05, 0.1) is 12.7 Å². The monoisotopic (exact) mass is 198 g/mol. The minimum atomic E-state index is -0.596. The lowest BCUT2D eigenvalue weighted by molar-refractivity contribution is 0.0600. The van der Waals surface area contributed by atoms with Gasteiger partial charge in [0.2, 0.25) is 0 Å². The van der Waals surface area contributed by atoms with Gasteiger partial charge in [0, 0.05) is 6.07 Å². The first-order valence-electron chi connectivity index (χ1n) is 4.25. The fourth-order valence-corrected chi connectivity index (χ4v) is 0.831. The van der Waals surface area contributed by atoms with Crippen LogP contribution in [0.2, 0.25) is 0 Å². The molecule has 14 heavy (non-hydrogen) atoms. The molecule has 0 amide bonds. The first-order chi connectivity index (χ1) is 6.63. The number of phenols is 2. The minimum absolute atomic E-state index is 0.120. The van der Waals surface area contributed by atoms with E-state index in [2.05, 4.69) is 4.74 Å². The predicted octanol–water partition coefficient (Wildman–Crippen LogP) is 1.91. The van der Waals surface area contributed by atoms with Crippen LogP contribution in [0.15, 0.2) is 18.2 Å². The third kappa shape index (κ3) is 3.35. The first kappa shape index (κ1) is 12.3. The molecule has 0 bridgehead atoms. The lowest BCUT2D eigenvalue weighted by Crippen LogP contribution is -2.00. The van der Waals surface area contributed by atoms with E-state index in [-0.39, 0.29) is 17.1 Å². The van der Waals surface area contributed by atoms with Crippen LogP contribution >= 0.6 is 0 Å². The fourth-order valence-electron chi connectivity index (χ4n) is 0.831. The summed E-state index contributed by atoms with van der Waals surface area (Å²) in [5.41, 5.74) is 0.120. The highest BCUT2D eigenvalue weighted by molar-refractivity contribution is 5.90. The van der Waals surface area contributed by atoms with Gasteiger partial charge in [-0.05, 0) is 12.1 Å². The number of carbonyl (C=O) groups is 1. The van der Waals surface area contributed by atoms with E-state index in [0.29, 0.717) is 0 Å². The van der Waals surface area contributed by atoms with Crippen molar-refractivity contribution < 1.29 is 19.7 Å². The maximum absolute atomic E-state index is 10.9. The Hall–Kier alpha value is -1.71. The Morgan fingerprint density at radius 3 is 1.93 bits per heavy atom. The number of aromatic hydroxyl groups is 2. The molecule has 0 aromatic heterocycles. The first-order valence-corrected chi connectivity index (χ1v) is 4.25. The van der Waals surface area contributed by atoms with E-state index in [9.17, 15) is 4.79 Å². The van der Waals surface area contributed by atoms with Gasteiger partial charge in [0.1, 0.15) is 11.5 Å². The van der Waals surface area contributed by atoms with E-state index in [1.54, 1.807) is 0 Å². The maximum Gasteiger partial charge on any atom is 0.338 e.